The third-order valence-electron chi connectivity index (χ3n) is 6.49. The number of carbonyl (C=O) groups is 2. The minimum Gasteiger partial charge on any atom is -0.365 e. The first-order valence-electron chi connectivity index (χ1n) is 11.7. The van der Waals surface area contributed by atoms with Crippen LogP contribution in [0.5, 0.6) is 0 Å². The summed E-state index contributed by atoms with van der Waals surface area (Å²) in [5.41, 5.74) is 9.37. The maximum atomic E-state index is 13.6. The Hall–Kier alpha value is -3.03. The van der Waals surface area contributed by atoms with Gasteiger partial charge in [-0.3, -0.25) is 9.59 Å². The molecule has 0 saturated heterocycles. The molecule has 0 aliphatic heterocycles. The van der Waals surface area contributed by atoms with Gasteiger partial charge in [0.1, 0.15) is 5.00 Å². The SMILES string of the molecule is CCC[C@@H]1CCc2c(sc(NC(=O)c3cc(-c4ccc(C)s4)nc4ccccc34)c2C(N)=O)C1. The number of nitrogens with two attached hydrogens (primary N) is 1. The monoisotopic (exact) mass is 489 g/mol. The summed E-state index contributed by atoms with van der Waals surface area (Å²) in [7, 11) is 0. The predicted octanol–water partition coefficient (Wildman–Crippen LogP) is 6.59. The highest BCUT2D eigenvalue weighted by molar-refractivity contribution is 7.17. The number of amides is 2. The summed E-state index contributed by atoms with van der Waals surface area (Å²) in [5, 5.41) is 4.39. The summed E-state index contributed by atoms with van der Waals surface area (Å²) in [6, 6.07) is 13.6. The van der Waals surface area contributed by atoms with Crippen LogP contribution in [-0.2, 0) is 12.8 Å². The first kappa shape index (κ1) is 22.7. The van der Waals surface area contributed by atoms with Gasteiger partial charge in [0.15, 0.2) is 0 Å². The molecule has 5 rings (SSSR count). The highest BCUT2D eigenvalue weighted by Crippen LogP contribution is 2.41. The summed E-state index contributed by atoms with van der Waals surface area (Å²) >= 11 is 3.15. The molecule has 4 aromatic rings. The number of aryl methyl sites for hydroxylation is 1. The fourth-order valence-corrected chi connectivity index (χ4v) is 7.08. The first-order valence-corrected chi connectivity index (χ1v) is 13.3. The second-order valence-corrected chi connectivity index (χ2v) is 11.3. The highest BCUT2D eigenvalue weighted by atomic mass is 32.1. The Morgan fingerprint density at radius 1 is 1.18 bits per heavy atom. The first-order chi connectivity index (χ1) is 16.4. The lowest BCUT2D eigenvalue weighted by Crippen LogP contribution is -2.20. The van der Waals surface area contributed by atoms with Crippen molar-refractivity contribution in [2.75, 3.05) is 5.32 Å². The van der Waals surface area contributed by atoms with E-state index in [-0.39, 0.29) is 5.91 Å². The van der Waals surface area contributed by atoms with Crippen molar-refractivity contribution in [3.8, 4) is 10.6 Å². The van der Waals surface area contributed by atoms with Gasteiger partial charge in [-0.2, -0.15) is 0 Å². The van der Waals surface area contributed by atoms with E-state index in [2.05, 4.69) is 25.2 Å². The highest BCUT2D eigenvalue weighted by Gasteiger charge is 2.29. The topological polar surface area (TPSA) is 85.1 Å². The van der Waals surface area contributed by atoms with Gasteiger partial charge in [0, 0.05) is 15.1 Å². The molecule has 174 valence electrons. The number of thiophene rings is 2. The summed E-state index contributed by atoms with van der Waals surface area (Å²) < 4.78 is 0. The van der Waals surface area contributed by atoms with Gasteiger partial charge in [0.05, 0.1) is 27.2 Å². The maximum absolute atomic E-state index is 13.6. The number of pyridine rings is 1. The van der Waals surface area contributed by atoms with Gasteiger partial charge in [-0.1, -0.05) is 38.0 Å². The van der Waals surface area contributed by atoms with Crippen molar-refractivity contribution < 1.29 is 9.59 Å². The lowest BCUT2D eigenvalue weighted by Gasteiger charge is -2.21. The zero-order chi connectivity index (χ0) is 23.8. The van der Waals surface area contributed by atoms with E-state index in [1.54, 1.807) is 11.3 Å². The Kier molecular flexibility index (Phi) is 6.23. The molecule has 2 amide bonds. The van der Waals surface area contributed by atoms with Crippen LogP contribution in [0, 0.1) is 12.8 Å². The Balaban J connectivity index is 1.54. The van der Waals surface area contributed by atoms with E-state index in [4.69, 9.17) is 10.7 Å². The van der Waals surface area contributed by atoms with E-state index < -0.39 is 5.91 Å². The van der Waals surface area contributed by atoms with Crippen molar-refractivity contribution in [3.63, 3.8) is 0 Å². The molecule has 0 saturated carbocycles. The average molecular weight is 490 g/mol. The van der Waals surface area contributed by atoms with E-state index in [1.807, 2.05) is 36.4 Å². The van der Waals surface area contributed by atoms with Crippen molar-refractivity contribution in [1.29, 1.82) is 0 Å². The number of hydrogen-bond acceptors (Lipinski definition) is 5. The zero-order valence-electron chi connectivity index (χ0n) is 19.3. The number of benzene rings is 1. The lowest BCUT2D eigenvalue weighted by molar-refractivity contribution is 0.1000. The molecule has 3 heterocycles. The van der Waals surface area contributed by atoms with Gasteiger partial charge < -0.3 is 11.1 Å². The largest absolute Gasteiger partial charge is 0.365 e. The Morgan fingerprint density at radius 3 is 2.74 bits per heavy atom. The predicted molar refractivity (Wildman–Crippen MR) is 141 cm³/mol. The van der Waals surface area contributed by atoms with Gasteiger partial charge in [0.25, 0.3) is 11.8 Å². The lowest BCUT2D eigenvalue weighted by atomic mass is 9.84. The average Bonchev–Trinajstić information content (AvgIpc) is 3.41. The Bertz CT molecular complexity index is 1400. The zero-order valence-corrected chi connectivity index (χ0v) is 20.9. The summed E-state index contributed by atoms with van der Waals surface area (Å²) in [6.45, 7) is 4.26. The second kappa shape index (κ2) is 9.31. The molecule has 1 aliphatic carbocycles. The van der Waals surface area contributed by atoms with Crippen molar-refractivity contribution in [3.05, 3.63) is 68.9 Å². The van der Waals surface area contributed by atoms with Crippen LogP contribution in [-0.4, -0.2) is 16.8 Å². The van der Waals surface area contributed by atoms with Crippen molar-refractivity contribution in [1.82, 2.24) is 4.98 Å². The molecule has 3 aromatic heterocycles. The number of rotatable bonds is 6. The molecule has 1 aromatic carbocycles. The van der Waals surface area contributed by atoms with Crippen LogP contribution in [0.3, 0.4) is 0 Å². The standard InChI is InChI=1S/C27H27N3O2S2/c1-3-6-16-10-11-18-23(13-16)34-27(24(18)25(28)31)30-26(32)19-14-21(22-12-9-15(2)33-22)29-20-8-5-4-7-17(19)20/h4-5,7-9,12,14,16H,3,6,10-11,13H2,1-2H3,(H2,28,31)(H,30,32)/t16-/m1/s1. The van der Waals surface area contributed by atoms with Crippen LogP contribution in [0.4, 0.5) is 5.00 Å². The Morgan fingerprint density at radius 2 is 2.00 bits per heavy atom. The molecule has 0 fully saturated rings. The van der Waals surface area contributed by atoms with Crippen molar-refractivity contribution in [2.45, 2.75) is 46.0 Å². The van der Waals surface area contributed by atoms with Gasteiger partial charge in [-0.05, 0) is 61.9 Å². The molecule has 0 spiro atoms. The number of fused-ring (bicyclic) bond motifs is 2. The maximum Gasteiger partial charge on any atom is 0.257 e. The third kappa shape index (κ3) is 4.26. The summed E-state index contributed by atoms with van der Waals surface area (Å²) in [4.78, 5) is 34.2. The minimum atomic E-state index is -0.476. The fraction of sp³-hybridized carbons (Fsp3) is 0.296. The Labute approximate surface area is 207 Å². The number of carbonyl (C=O) groups excluding carboxylic acids is 2. The van der Waals surface area contributed by atoms with Gasteiger partial charge in [0.2, 0.25) is 0 Å². The van der Waals surface area contributed by atoms with Crippen LogP contribution in [0.2, 0.25) is 0 Å². The molecule has 3 N–H and O–H groups in total. The van der Waals surface area contributed by atoms with E-state index in [0.717, 1.165) is 52.7 Å². The molecule has 0 unspecified atom stereocenters. The molecule has 1 atom stereocenters. The van der Waals surface area contributed by atoms with Crippen LogP contribution >= 0.6 is 22.7 Å². The van der Waals surface area contributed by atoms with E-state index >= 15 is 0 Å². The second-order valence-electron chi connectivity index (χ2n) is 8.91. The van der Waals surface area contributed by atoms with Crippen LogP contribution < -0.4 is 11.1 Å². The summed E-state index contributed by atoms with van der Waals surface area (Å²) in [6.07, 6.45) is 5.18. The number of para-hydroxylation sites is 1. The minimum absolute atomic E-state index is 0.251. The fourth-order valence-electron chi connectivity index (χ4n) is 4.89. The number of nitrogens with one attached hydrogen (secondary N) is 1. The molecule has 34 heavy (non-hydrogen) atoms. The summed E-state index contributed by atoms with van der Waals surface area (Å²) in [5.74, 6) is -0.100. The van der Waals surface area contributed by atoms with E-state index in [0.29, 0.717) is 22.0 Å². The van der Waals surface area contributed by atoms with Crippen LogP contribution in [0.1, 0.15) is 62.2 Å². The van der Waals surface area contributed by atoms with Gasteiger partial charge in [-0.15, -0.1) is 22.7 Å². The van der Waals surface area contributed by atoms with Crippen LogP contribution in [0.15, 0.2) is 42.5 Å². The molecular weight excluding hydrogens is 462 g/mol. The van der Waals surface area contributed by atoms with E-state index in [1.165, 1.54) is 27.5 Å². The number of anilines is 1. The molecule has 7 heteroatoms. The van der Waals surface area contributed by atoms with Gasteiger partial charge >= 0.3 is 0 Å². The normalized spacial score (nSPS) is 15.3. The van der Waals surface area contributed by atoms with E-state index in [9.17, 15) is 9.59 Å². The number of hydrogen-bond donors (Lipinski definition) is 2. The molecular formula is C27H27N3O2S2. The molecule has 5 nitrogen and oxygen atoms in total. The molecule has 0 radical (unpaired) electrons. The number of aromatic nitrogens is 1. The number of nitrogens with zero attached hydrogens (tertiary/aromatic N) is 1. The molecule has 1 aliphatic rings. The van der Waals surface area contributed by atoms with Crippen LogP contribution in [0.25, 0.3) is 21.5 Å². The van der Waals surface area contributed by atoms with Gasteiger partial charge in [-0.25, -0.2) is 4.98 Å². The van der Waals surface area contributed by atoms with Crippen molar-refractivity contribution in [2.24, 2.45) is 11.7 Å². The smallest absolute Gasteiger partial charge is 0.257 e. The third-order valence-corrected chi connectivity index (χ3v) is 8.68. The quantitative estimate of drug-likeness (QED) is 0.320. The van der Waals surface area contributed by atoms with Crippen molar-refractivity contribution >= 4 is 50.4 Å². The number of primary amides is 1. The molecule has 0 bridgehead atoms.